The number of rotatable bonds is 5. The molecule has 8 nitrogen and oxygen atoms in total. The van der Waals surface area contributed by atoms with Gasteiger partial charge in [-0.1, -0.05) is 32.1 Å². The molecule has 0 spiro atoms. The summed E-state index contributed by atoms with van der Waals surface area (Å²) in [5.74, 6) is 0.0448. The number of benzene rings is 1. The van der Waals surface area contributed by atoms with Crippen LogP contribution in [0.3, 0.4) is 0 Å². The lowest BCUT2D eigenvalue weighted by molar-refractivity contribution is -0.162. The summed E-state index contributed by atoms with van der Waals surface area (Å²) in [5.41, 5.74) is 2.69. The lowest BCUT2D eigenvalue weighted by Crippen LogP contribution is -2.42. The largest absolute Gasteiger partial charge is 0.495 e. The topological polar surface area (TPSA) is 78.1 Å². The fraction of sp³-hybridized carbons (Fsp3) is 0.520. The second-order valence-electron chi connectivity index (χ2n) is 10.4. The van der Waals surface area contributed by atoms with Gasteiger partial charge in [0.2, 0.25) is 5.91 Å². The number of imidazole rings is 1. The lowest BCUT2D eigenvalue weighted by Gasteiger charge is -2.30. The first-order valence-electron chi connectivity index (χ1n) is 11.8. The number of aryl methyl sites for hydroxylation is 1. The van der Waals surface area contributed by atoms with Crippen LogP contribution in [-0.2, 0) is 4.79 Å². The smallest absolute Gasteiger partial charge is 0.406 e. The molecular weight excluding hydrogens is 473 g/mol. The predicted octanol–water partition coefficient (Wildman–Crippen LogP) is 4.84. The van der Waals surface area contributed by atoms with Crippen LogP contribution < -0.4 is 4.74 Å². The average molecular weight is 505 g/mol. The monoisotopic (exact) mass is 504 g/mol. The van der Waals surface area contributed by atoms with Gasteiger partial charge in [0.05, 0.1) is 31.0 Å². The Balaban J connectivity index is 1.66. The summed E-state index contributed by atoms with van der Waals surface area (Å²) in [6.45, 7) is 6.81. The zero-order valence-corrected chi connectivity index (χ0v) is 21.1. The van der Waals surface area contributed by atoms with Gasteiger partial charge in [-0.2, -0.15) is 13.2 Å². The molecule has 4 rings (SSSR count). The number of hydrogen-bond donors (Lipinski definition) is 0. The van der Waals surface area contributed by atoms with Gasteiger partial charge in [-0.05, 0) is 43.2 Å². The van der Waals surface area contributed by atoms with Crippen molar-refractivity contribution in [1.29, 1.82) is 0 Å². The Labute approximate surface area is 208 Å². The highest BCUT2D eigenvalue weighted by molar-refractivity contribution is 5.81. The molecule has 1 aromatic carbocycles. The Morgan fingerprint density at radius 3 is 2.53 bits per heavy atom. The number of carbonyl (C=O) groups is 1. The van der Waals surface area contributed by atoms with Crippen LogP contribution in [0, 0.1) is 18.3 Å². The molecule has 194 valence electrons. The van der Waals surface area contributed by atoms with Gasteiger partial charge in [0.15, 0.2) is 0 Å². The summed E-state index contributed by atoms with van der Waals surface area (Å²) in [5, 5.41) is 8.42. The van der Waals surface area contributed by atoms with E-state index in [2.05, 4.69) is 15.3 Å². The molecule has 1 amide bonds. The molecule has 1 fully saturated rings. The molecule has 2 aromatic heterocycles. The van der Waals surface area contributed by atoms with E-state index in [0.717, 1.165) is 16.3 Å². The van der Waals surface area contributed by atoms with Gasteiger partial charge in [0.25, 0.3) is 0 Å². The van der Waals surface area contributed by atoms with E-state index in [1.165, 1.54) is 4.68 Å². The third kappa shape index (κ3) is 5.55. The number of carbonyl (C=O) groups excluding carboxylic acids is 1. The summed E-state index contributed by atoms with van der Waals surface area (Å²) in [7, 11) is 1.56. The maximum Gasteiger partial charge on any atom is 0.406 e. The summed E-state index contributed by atoms with van der Waals surface area (Å²) < 4.78 is 48.5. The average Bonchev–Trinajstić information content (AvgIpc) is 3.42. The minimum atomic E-state index is -4.47. The van der Waals surface area contributed by atoms with Crippen LogP contribution in [0.5, 0.6) is 5.75 Å². The third-order valence-corrected chi connectivity index (χ3v) is 6.74. The molecule has 2 unspecified atom stereocenters. The van der Waals surface area contributed by atoms with Gasteiger partial charge < -0.3 is 14.2 Å². The van der Waals surface area contributed by atoms with Crippen LogP contribution in [0.15, 0.2) is 36.9 Å². The SMILES string of the molecule is COc1cc(-c2cn(C3CC(C(C)(C)C)CCN(CC(F)(F)F)C3=O)nn2)ccc1-n1cnc(C)c1. The summed E-state index contributed by atoms with van der Waals surface area (Å²) >= 11 is 0. The molecular formula is C25H31F3N6O2. The van der Waals surface area contributed by atoms with Crippen LogP contribution in [0.4, 0.5) is 13.2 Å². The van der Waals surface area contributed by atoms with Gasteiger partial charge in [-0.3, -0.25) is 4.79 Å². The summed E-state index contributed by atoms with van der Waals surface area (Å²) in [6, 6.07) is 4.66. The molecule has 3 heterocycles. The van der Waals surface area contributed by atoms with Gasteiger partial charge in [-0.15, -0.1) is 5.10 Å². The Morgan fingerprint density at radius 1 is 1.17 bits per heavy atom. The Morgan fingerprint density at radius 2 is 1.92 bits per heavy atom. The van der Waals surface area contributed by atoms with Gasteiger partial charge in [0, 0.05) is 18.3 Å². The normalized spacial score (nSPS) is 19.4. The van der Waals surface area contributed by atoms with E-state index < -0.39 is 24.7 Å². The summed E-state index contributed by atoms with van der Waals surface area (Å²) in [4.78, 5) is 18.4. The molecule has 1 aliphatic heterocycles. The Hall–Kier alpha value is -3.37. The van der Waals surface area contributed by atoms with Crippen molar-refractivity contribution < 1.29 is 22.7 Å². The maximum atomic E-state index is 13.3. The fourth-order valence-corrected chi connectivity index (χ4v) is 4.67. The molecule has 0 N–H and O–H groups in total. The number of halogens is 3. The van der Waals surface area contributed by atoms with Crippen LogP contribution in [0.25, 0.3) is 16.9 Å². The van der Waals surface area contributed by atoms with Crippen LogP contribution in [-0.4, -0.2) is 61.7 Å². The second-order valence-corrected chi connectivity index (χ2v) is 10.4. The van der Waals surface area contributed by atoms with Crippen LogP contribution in [0.1, 0.15) is 45.3 Å². The van der Waals surface area contributed by atoms with E-state index in [1.807, 2.05) is 56.7 Å². The Bertz CT molecular complexity index is 1230. The number of nitrogens with zero attached hydrogens (tertiary/aromatic N) is 6. The van der Waals surface area contributed by atoms with E-state index in [1.54, 1.807) is 19.6 Å². The van der Waals surface area contributed by atoms with E-state index in [0.29, 0.717) is 29.8 Å². The molecule has 3 aromatic rings. The Kier molecular flexibility index (Phi) is 6.85. The number of ether oxygens (including phenoxy) is 1. The maximum absolute atomic E-state index is 13.3. The minimum absolute atomic E-state index is 0.0374. The van der Waals surface area contributed by atoms with E-state index in [-0.39, 0.29) is 17.9 Å². The number of aromatic nitrogens is 5. The highest BCUT2D eigenvalue weighted by Gasteiger charge is 2.41. The van der Waals surface area contributed by atoms with Crippen molar-refractivity contribution in [2.24, 2.45) is 11.3 Å². The molecule has 2 atom stereocenters. The van der Waals surface area contributed by atoms with E-state index in [4.69, 9.17) is 4.74 Å². The van der Waals surface area contributed by atoms with Crippen molar-refractivity contribution in [3.8, 4) is 22.7 Å². The summed E-state index contributed by atoms with van der Waals surface area (Å²) in [6.07, 6.45) is 1.61. The van der Waals surface area contributed by atoms with Gasteiger partial charge >= 0.3 is 6.18 Å². The third-order valence-electron chi connectivity index (χ3n) is 6.74. The van der Waals surface area contributed by atoms with E-state index >= 15 is 0 Å². The first-order chi connectivity index (χ1) is 16.9. The molecule has 0 radical (unpaired) electrons. The van der Waals surface area contributed by atoms with Crippen molar-refractivity contribution in [2.75, 3.05) is 20.2 Å². The standard InChI is InChI=1S/C25H31F3N6O2/c1-16-12-33(15-29-16)20-7-6-17(10-22(20)36-5)19-13-34(31-30-19)21-11-18(24(2,3)4)8-9-32(23(21)35)14-25(26,27)28/h6-7,10,12-13,15,18,21H,8-9,11,14H2,1-5H3. The zero-order chi connectivity index (χ0) is 26.3. The fourth-order valence-electron chi connectivity index (χ4n) is 4.67. The predicted molar refractivity (Wildman–Crippen MR) is 128 cm³/mol. The van der Waals surface area contributed by atoms with Crippen molar-refractivity contribution in [1.82, 2.24) is 29.4 Å². The lowest BCUT2D eigenvalue weighted by atomic mass is 9.76. The van der Waals surface area contributed by atoms with Crippen molar-refractivity contribution >= 4 is 5.91 Å². The van der Waals surface area contributed by atoms with Crippen LogP contribution >= 0.6 is 0 Å². The number of methoxy groups -OCH3 is 1. The molecule has 1 aliphatic rings. The molecule has 36 heavy (non-hydrogen) atoms. The van der Waals surface area contributed by atoms with Gasteiger partial charge in [-0.25, -0.2) is 9.67 Å². The highest BCUT2D eigenvalue weighted by Crippen LogP contribution is 2.39. The quantitative estimate of drug-likeness (QED) is 0.497. The first kappa shape index (κ1) is 25.7. The number of amides is 1. The highest BCUT2D eigenvalue weighted by atomic mass is 19.4. The zero-order valence-electron chi connectivity index (χ0n) is 21.1. The number of likely N-dealkylation sites (tertiary alicyclic amines) is 1. The molecule has 1 saturated heterocycles. The van der Waals surface area contributed by atoms with Crippen LogP contribution in [0.2, 0.25) is 0 Å². The first-order valence-corrected chi connectivity index (χ1v) is 11.8. The molecule has 0 bridgehead atoms. The second kappa shape index (κ2) is 9.59. The molecule has 11 heteroatoms. The van der Waals surface area contributed by atoms with E-state index in [9.17, 15) is 18.0 Å². The molecule has 0 aliphatic carbocycles. The van der Waals surface area contributed by atoms with Crippen molar-refractivity contribution in [2.45, 2.75) is 52.8 Å². The van der Waals surface area contributed by atoms with Crippen molar-refractivity contribution in [3.63, 3.8) is 0 Å². The number of hydrogen-bond acceptors (Lipinski definition) is 5. The van der Waals surface area contributed by atoms with Gasteiger partial charge in [0.1, 0.15) is 24.0 Å². The minimum Gasteiger partial charge on any atom is -0.495 e. The molecule has 0 saturated carbocycles. The van der Waals surface area contributed by atoms with Crippen molar-refractivity contribution in [3.05, 3.63) is 42.6 Å². The number of alkyl halides is 3.